The molecule has 1 unspecified atom stereocenters. The Kier molecular flexibility index (Phi) is 63.6. The van der Waals surface area contributed by atoms with Crippen molar-refractivity contribution in [1.29, 1.82) is 0 Å². The molecule has 0 spiro atoms. The summed E-state index contributed by atoms with van der Waals surface area (Å²) in [4.78, 5) is 38.1. The summed E-state index contributed by atoms with van der Waals surface area (Å²) in [5.41, 5.74) is 0. The number of ether oxygens (including phenoxy) is 3. The molecule has 0 saturated carbocycles. The van der Waals surface area contributed by atoms with E-state index in [4.69, 9.17) is 14.2 Å². The molecule has 0 aliphatic carbocycles. The first-order valence-electron chi connectivity index (χ1n) is 34.3. The van der Waals surface area contributed by atoms with Gasteiger partial charge in [0.15, 0.2) is 6.10 Å². The lowest BCUT2D eigenvalue weighted by atomic mass is 10.0. The predicted molar refractivity (Wildman–Crippen MR) is 330 cm³/mol. The molecule has 76 heavy (non-hydrogen) atoms. The summed E-state index contributed by atoms with van der Waals surface area (Å²) in [6.07, 6.45) is 79.5. The van der Waals surface area contributed by atoms with Gasteiger partial charge in [0.1, 0.15) is 13.2 Å². The maximum atomic E-state index is 12.8. The van der Waals surface area contributed by atoms with Crippen LogP contribution in [0.5, 0.6) is 0 Å². The minimum absolute atomic E-state index is 0.0633. The molecular formula is C70H132O6. The van der Waals surface area contributed by atoms with Gasteiger partial charge in [-0.3, -0.25) is 14.4 Å². The van der Waals surface area contributed by atoms with E-state index in [0.29, 0.717) is 19.3 Å². The number of allylic oxidation sites excluding steroid dienone is 4. The van der Waals surface area contributed by atoms with Crippen molar-refractivity contribution in [2.45, 2.75) is 393 Å². The van der Waals surface area contributed by atoms with E-state index in [0.717, 1.165) is 64.2 Å². The fourth-order valence-corrected chi connectivity index (χ4v) is 10.5. The molecule has 0 fully saturated rings. The van der Waals surface area contributed by atoms with Gasteiger partial charge in [0.25, 0.3) is 0 Å². The van der Waals surface area contributed by atoms with Crippen LogP contribution in [0.15, 0.2) is 24.3 Å². The first kappa shape index (κ1) is 73.9. The van der Waals surface area contributed by atoms with Crippen LogP contribution in [0.25, 0.3) is 0 Å². The Hall–Kier alpha value is -2.11. The second-order valence-corrected chi connectivity index (χ2v) is 23.5. The zero-order valence-electron chi connectivity index (χ0n) is 51.6. The molecule has 0 heterocycles. The maximum absolute atomic E-state index is 12.8. The number of unbranched alkanes of at least 4 members (excludes halogenated alkanes) is 49. The van der Waals surface area contributed by atoms with Gasteiger partial charge in [-0.25, -0.2) is 0 Å². The second kappa shape index (κ2) is 65.4. The van der Waals surface area contributed by atoms with Crippen LogP contribution in [0.4, 0.5) is 0 Å². The highest BCUT2D eigenvalue weighted by Crippen LogP contribution is 2.19. The molecule has 0 radical (unpaired) electrons. The van der Waals surface area contributed by atoms with E-state index in [2.05, 4.69) is 45.1 Å². The molecule has 0 aromatic carbocycles. The summed E-state index contributed by atoms with van der Waals surface area (Å²) in [6.45, 7) is 6.67. The lowest BCUT2D eigenvalue weighted by molar-refractivity contribution is -0.167. The van der Waals surface area contributed by atoms with Crippen molar-refractivity contribution < 1.29 is 28.6 Å². The van der Waals surface area contributed by atoms with Crippen LogP contribution in [0.2, 0.25) is 0 Å². The van der Waals surface area contributed by atoms with Gasteiger partial charge >= 0.3 is 17.9 Å². The quantitative estimate of drug-likeness (QED) is 0.0261. The summed E-state index contributed by atoms with van der Waals surface area (Å²) in [7, 11) is 0. The lowest BCUT2D eigenvalue weighted by Crippen LogP contribution is -2.30. The number of hydrogen-bond donors (Lipinski definition) is 0. The van der Waals surface area contributed by atoms with Crippen LogP contribution in [0, 0.1) is 0 Å². The van der Waals surface area contributed by atoms with Crippen LogP contribution in [-0.2, 0) is 28.6 Å². The SMILES string of the molecule is CCCCCCC/C=C\C/C=C\CCCCCCCCCCCCCCCCCCCCCCCCCC(=O)OCC(COC(=O)CCCCCCCCCCC)OC(=O)CCCCCCCCCCCCCCCC. The summed E-state index contributed by atoms with van der Waals surface area (Å²) >= 11 is 0. The summed E-state index contributed by atoms with van der Waals surface area (Å²) in [6, 6.07) is 0. The monoisotopic (exact) mass is 1070 g/mol. The molecule has 0 rings (SSSR count). The first-order chi connectivity index (χ1) is 37.5. The number of esters is 3. The molecule has 0 bridgehead atoms. The second-order valence-electron chi connectivity index (χ2n) is 23.5. The van der Waals surface area contributed by atoms with Crippen LogP contribution in [-0.4, -0.2) is 37.2 Å². The first-order valence-corrected chi connectivity index (χ1v) is 34.3. The van der Waals surface area contributed by atoms with E-state index in [9.17, 15) is 14.4 Å². The Bertz CT molecular complexity index is 1230. The van der Waals surface area contributed by atoms with Gasteiger partial charge in [0.05, 0.1) is 0 Å². The predicted octanol–water partition coefficient (Wildman–Crippen LogP) is 23.4. The summed E-state index contributed by atoms with van der Waals surface area (Å²) in [5, 5.41) is 0. The van der Waals surface area contributed by atoms with Gasteiger partial charge in [0, 0.05) is 19.3 Å². The van der Waals surface area contributed by atoms with E-state index < -0.39 is 6.10 Å². The van der Waals surface area contributed by atoms with Crippen LogP contribution in [0.3, 0.4) is 0 Å². The van der Waals surface area contributed by atoms with E-state index >= 15 is 0 Å². The maximum Gasteiger partial charge on any atom is 0.306 e. The number of hydrogen-bond acceptors (Lipinski definition) is 6. The fraction of sp³-hybridized carbons (Fsp3) is 0.900. The molecule has 6 heteroatoms. The minimum atomic E-state index is -0.763. The van der Waals surface area contributed by atoms with E-state index in [-0.39, 0.29) is 31.1 Å². The standard InChI is InChI=1S/C70H132O6/c1-4-7-10-13-16-19-21-23-25-26-27-28-29-30-31-32-33-34-35-36-37-38-39-40-41-42-43-44-45-47-48-51-54-57-60-63-69(72)75-66-67(65-74-68(71)62-59-56-53-50-18-15-12-9-6-3)76-70(73)64-61-58-55-52-49-46-24-22-20-17-14-11-8-5-2/h21,23,26-27,67H,4-20,22,24-25,28-66H2,1-3H3/b23-21-,27-26-. The number of rotatable bonds is 64. The summed E-state index contributed by atoms with van der Waals surface area (Å²) in [5.74, 6) is -0.838. The van der Waals surface area contributed by atoms with Crippen LogP contribution in [0.1, 0.15) is 387 Å². The summed E-state index contributed by atoms with van der Waals surface area (Å²) < 4.78 is 16.9. The van der Waals surface area contributed by atoms with Crippen molar-refractivity contribution in [1.82, 2.24) is 0 Å². The third-order valence-corrected chi connectivity index (χ3v) is 15.7. The topological polar surface area (TPSA) is 78.9 Å². The Balaban J connectivity index is 3.94. The molecule has 6 nitrogen and oxygen atoms in total. The molecule has 0 N–H and O–H groups in total. The molecular weight excluding hydrogens is 937 g/mol. The molecule has 1 atom stereocenters. The molecule has 0 aliphatic heterocycles. The van der Waals surface area contributed by atoms with Crippen molar-refractivity contribution in [2.75, 3.05) is 13.2 Å². The third-order valence-electron chi connectivity index (χ3n) is 15.7. The fourth-order valence-electron chi connectivity index (χ4n) is 10.5. The zero-order chi connectivity index (χ0) is 55.0. The van der Waals surface area contributed by atoms with Crippen molar-refractivity contribution in [2.24, 2.45) is 0 Å². The number of carbonyl (C=O) groups excluding carboxylic acids is 3. The zero-order valence-corrected chi connectivity index (χ0v) is 51.6. The molecule has 0 saturated heterocycles. The van der Waals surface area contributed by atoms with Crippen LogP contribution < -0.4 is 0 Å². The van der Waals surface area contributed by atoms with Gasteiger partial charge in [-0.15, -0.1) is 0 Å². The van der Waals surface area contributed by atoms with Crippen molar-refractivity contribution in [3.05, 3.63) is 24.3 Å². The highest BCUT2D eigenvalue weighted by atomic mass is 16.6. The van der Waals surface area contributed by atoms with E-state index in [1.54, 1.807) is 0 Å². The van der Waals surface area contributed by atoms with Crippen molar-refractivity contribution in [3.8, 4) is 0 Å². The third kappa shape index (κ3) is 62.7. The van der Waals surface area contributed by atoms with Crippen molar-refractivity contribution in [3.63, 3.8) is 0 Å². The van der Waals surface area contributed by atoms with Gasteiger partial charge in [0.2, 0.25) is 0 Å². The van der Waals surface area contributed by atoms with E-state index in [1.165, 1.54) is 283 Å². The smallest absolute Gasteiger partial charge is 0.306 e. The molecule has 0 aliphatic rings. The minimum Gasteiger partial charge on any atom is -0.462 e. The van der Waals surface area contributed by atoms with Crippen LogP contribution >= 0.6 is 0 Å². The average Bonchev–Trinajstić information content (AvgIpc) is 3.42. The number of carbonyl (C=O) groups is 3. The Morgan fingerprint density at radius 2 is 0.474 bits per heavy atom. The normalized spacial score (nSPS) is 12.1. The largest absolute Gasteiger partial charge is 0.462 e. The van der Waals surface area contributed by atoms with Gasteiger partial charge < -0.3 is 14.2 Å². The molecule has 448 valence electrons. The highest BCUT2D eigenvalue weighted by Gasteiger charge is 2.19. The molecule has 0 amide bonds. The van der Waals surface area contributed by atoms with Crippen molar-refractivity contribution >= 4 is 17.9 Å². The van der Waals surface area contributed by atoms with Gasteiger partial charge in [-0.2, -0.15) is 0 Å². The highest BCUT2D eigenvalue weighted by molar-refractivity contribution is 5.71. The molecule has 0 aromatic rings. The Morgan fingerprint density at radius 1 is 0.263 bits per heavy atom. The lowest BCUT2D eigenvalue weighted by Gasteiger charge is -2.18. The van der Waals surface area contributed by atoms with Gasteiger partial charge in [-0.05, 0) is 51.4 Å². The Labute approximate surface area is 474 Å². The van der Waals surface area contributed by atoms with E-state index in [1.807, 2.05) is 0 Å². The average molecular weight is 1070 g/mol. The molecule has 0 aromatic heterocycles. The van der Waals surface area contributed by atoms with Gasteiger partial charge in [-0.1, -0.05) is 340 Å². The Morgan fingerprint density at radius 3 is 0.724 bits per heavy atom.